The fraction of sp³-hybridized carbons (Fsp3) is 0.867. The minimum Gasteiger partial charge on any atom is -0.390 e. The van der Waals surface area contributed by atoms with Crippen LogP contribution < -0.4 is 0 Å². The fourth-order valence-electron chi connectivity index (χ4n) is 3.55. The lowest BCUT2D eigenvalue weighted by atomic mass is 9.69. The van der Waals surface area contributed by atoms with E-state index in [-0.39, 0.29) is 5.60 Å². The zero-order valence-corrected chi connectivity index (χ0v) is 10.7. The molecule has 2 fully saturated rings. The number of aliphatic hydroxyl groups is 1. The Morgan fingerprint density at radius 1 is 1.19 bits per heavy atom. The van der Waals surface area contributed by atoms with Crippen LogP contribution in [0, 0.1) is 5.92 Å². The van der Waals surface area contributed by atoms with Crippen molar-refractivity contribution in [2.45, 2.75) is 76.7 Å². The molecular weight excluding hydrogens is 196 g/mol. The molecule has 1 heteroatoms. The molecule has 0 heterocycles. The van der Waals surface area contributed by atoms with Crippen LogP contribution in [-0.2, 0) is 0 Å². The molecule has 0 spiro atoms. The molecule has 0 bridgehead atoms. The molecule has 0 unspecified atom stereocenters. The Morgan fingerprint density at radius 3 is 2.38 bits per heavy atom. The van der Waals surface area contributed by atoms with E-state index >= 15 is 0 Å². The summed E-state index contributed by atoms with van der Waals surface area (Å²) in [5.74, 6) is 0.601. The van der Waals surface area contributed by atoms with Crippen molar-refractivity contribution in [1.82, 2.24) is 0 Å². The lowest BCUT2D eigenvalue weighted by Crippen LogP contribution is -2.41. The summed E-state index contributed by atoms with van der Waals surface area (Å²) in [4.78, 5) is 0. The molecule has 92 valence electrons. The van der Waals surface area contributed by atoms with Crippen molar-refractivity contribution in [3.05, 3.63) is 11.6 Å². The van der Waals surface area contributed by atoms with Crippen molar-refractivity contribution < 1.29 is 5.11 Å². The highest BCUT2D eigenvalue weighted by Crippen LogP contribution is 2.42. The number of hydrogen-bond acceptors (Lipinski definition) is 1. The van der Waals surface area contributed by atoms with Gasteiger partial charge in [-0.05, 0) is 50.9 Å². The second-order valence-corrected chi connectivity index (χ2v) is 5.71. The lowest BCUT2D eigenvalue weighted by molar-refractivity contribution is -0.0538. The Balaban J connectivity index is 1.92. The van der Waals surface area contributed by atoms with Crippen LogP contribution in [0.5, 0.6) is 0 Å². The van der Waals surface area contributed by atoms with E-state index in [0.717, 1.165) is 32.1 Å². The molecule has 0 aromatic heterocycles. The van der Waals surface area contributed by atoms with E-state index in [1.807, 2.05) is 0 Å². The van der Waals surface area contributed by atoms with Gasteiger partial charge >= 0.3 is 0 Å². The van der Waals surface area contributed by atoms with E-state index in [0.29, 0.717) is 5.92 Å². The summed E-state index contributed by atoms with van der Waals surface area (Å²) in [7, 11) is 0. The van der Waals surface area contributed by atoms with Gasteiger partial charge in [0.05, 0.1) is 5.60 Å². The summed E-state index contributed by atoms with van der Waals surface area (Å²) in [6, 6.07) is 0. The predicted octanol–water partition coefficient (Wildman–Crippen LogP) is 4.21. The molecule has 2 rings (SSSR count). The van der Waals surface area contributed by atoms with Crippen molar-refractivity contribution in [3.63, 3.8) is 0 Å². The van der Waals surface area contributed by atoms with Crippen LogP contribution >= 0.6 is 0 Å². The molecule has 16 heavy (non-hydrogen) atoms. The van der Waals surface area contributed by atoms with Crippen LogP contribution in [0.25, 0.3) is 0 Å². The Labute approximate surface area is 99.9 Å². The Morgan fingerprint density at radius 2 is 1.81 bits per heavy atom. The first kappa shape index (κ1) is 12.2. The van der Waals surface area contributed by atoms with Gasteiger partial charge in [-0.3, -0.25) is 0 Å². The maximum atomic E-state index is 10.8. The van der Waals surface area contributed by atoms with Gasteiger partial charge in [-0.2, -0.15) is 0 Å². The van der Waals surface area contributed by atoms with Crippen LogP contribution in [0.4, 0.5) is 0 Å². The average molecular weight is 222 g/mol. The first-order chi connectivity index (χ1) is 7.74. The summed E-state index contributed by atoms with van der Waals surface area (Å²) >= 11 is 0. The highest BCUT2D eigenvalue weighted by molar-refractivity contribution is 5.09. The molecule has 0 atom stereocenters. The van der Waals surface area contributed by atoms with Crippen molar-refractivity contribution in [2.75, 3.05) is 0 Å². The summed E-state index contributed by atoms with van der Waals surface area (Å²) in [6.45, 7) is 2.20. The van der Waals surface area contributed by atoms with Crippen LogP contribution in [0.1, 0.15) is 71.1 Å². The van der Waals surface area contributed by atoms with Crippen molar-refractivity contribution in [1.29, 1.82) is 0 Å². The van der Waals surface area contributed by atoms with Crippen molar-refractivity contribution in [2.24, 2.45) is 5.92 Å². The van der Waals surface area contributed by atoms with Gasteiger partial charge in [-0.1, -0.05) is 37.8 Å². The van der Waals surface area contributed by atoms with Gasteiger partial charge in [0.15, 0.2) is 0 Å². The Kier molecular flexibility index (Phi) is 4.07. The Bertz CT molecular complexity index is 238. The van der Waals surface area contributed by atoms with E-state index in [9.17, 15) is 5.11 Å². The minimum absolute atomic E-state index is 0.314. The third-order valence-corrected chi connectivity index (χ3v) is 4.62. The first-order valence-corrected chi connectivity index (χ1v) is 7.15. The molecule has 0 saturated heterocycles. The minimum atomic E-state index is -0.314. The molecule has 2 saturated carbocycles. The van der Waals surface area contributed by atoms with Crippen LogP contribution in [0.2, 0.25) is 0 Å². The molecule has 2 aliphatic carbocycles. The number of allylic oxidation sites excluding steroid dienone is 2. The van der Waals surface area contributed by atoms with Gasteiger partial charge in [0.25, 0.3) is 0 Å². The van der Waals surface area contributed by atoms with E-state index < -0.39 is 0 Å². The van der Waals surface area contributed by atoms with Crippen LogP contribution in [0.3, 0.4) is 0 Å². The van der Waals surface area contributed by atoms with E-state index in [2.05, 4.69) is 13.0 Å². The SMILES string of the molecule is CCC=C1CCC(O)(C2CCCCC2)CC1. The van der Waals surface area contributed by atoms with E-state index in [4.69, 9.17) is 0 Å². The highest BCUT2D eigenvalue weighted by Gasteiger charge is 2.38. The van der Waals surface area contributed by atoms with Gasteiger partial charge in [-0.15, -0.1) is 0 Å². The van der Waals surface area contributed by atoms with Crippen LogP contribution in [0.15, 0.2) is 11.6 Å². The topological polar surface area (TPSA) is 20.2 Å². The standard InChI is InChI=1S/C15H26O/c1-2-6-13-9-11-15(16,12-10-13)14-7-4-3-5-8-14/h6,14,16H,2-5,7-12H2,1H3. The zero-order valence-electron chi connectivity index (χ0n) is 10.7. The lowest BCUT2D eigenvalue weighted by Gasteiger charge is -2.42. The second kappa shape index (κ2) is 5.35. The zero-order chi connectivity index (χ0) is 11.4. The quantitative estimate of drug-likeness (QED) is 0.694. The van der Waals surface area contributed by atoms with Crippen molar-refractivity contribution >= 4 is 0 Å². The first-order valence-electron chi connectivity index (χ1n) is 7.15. The largest absolute Gasteiger partial charge is 0.390 e. The molecule has 0 radical (unpaired) electrons. The summed E-state index contributed by atoms with van der Waals surface area (Å²) in [5, 5.41) is 10.8. The fourth-order valence-corrected chi connectivity index (χ4v) is 3.55. The molecule has 0 aliphatic heterocycles. The normalized spacial score (nSPS) is 32.8. The van der Waals surface area contributed by atoms with E-state index in [1.54, 1.807) is 5.57 Å². The molecule has 0 amide bonds. The summed E-state index contributed by atoms with van der Waals surface area (Å²) in [6.07, 6.45) is 14.4. The highest BCUT2D eigenvalue weighted by atomic mass is 16.3. The monoisotopic (exact) mass is 222 g/mol. The number of hydrogen-bond donors (Lipinski definition) is 1. The van der Waals surface area contributed by atoms with Gasteiger partial charge in [0.2, 0.25) is 0 Å². The molecule has 0 aromatic carbocycles. The summed E-state index contributed by atoms with van der Waals surface area (Å²) in [5.41, 5.74) is 1.27. The van der Waals surface area contributed by atoms with Gasteiger partial charge in [0, 0.05) is 0 Å². The maximum absolute atomic E-state index is 10.8. The molecule has 1 N–H and O–H groups in total. The van der Waals surface area contributed by atoms with Gasteiger partial charge in [-0.25, -0.2) is 0 Å². The average Bonchev–Trinajstić information content (AvgIpc) is 2.34. The third-order valence-electron chi connectivity index (χ3n) is 4.62. The Hall–Kier alpha value is -0.300. The van der Waals surface area contributed by atoms with Gasteiger partial charge in [0.1, 0.15) is 0 Å². The second-order valence-electron chi connectivity index (χ2n) is 5.71. The number of rotatable bonds is 2. The molecule has 2 aliphatic rings. The van der Waals surface area contributed by atoms with Crippen molar-refractivity contribution in [3.8, 4) is 0 Å². The van der Waals surface area contributed by atoms with Gasteiger partial charge < -0.3 is 5.11 Å². The smallest absolute Gasteiger partial charge is 0.0681 e. The maximum Gasteiger partial charge on any atom is 0.0681 e. The molecular formula is C15H26O. The molecule has 0 aromatic rings. The van der Waals surface area contributed by atoms with E-state index in [1.165, 1.54) is 32.1 Å². The van der Waals surface area contributed by atoms with Crippen LogP contribution in [-0.4, -0.2) is 10.7 Å². The third kappa shape index (κ3) is 2.68. The predicted molar refractivity (Wildman–Crippen MR) is 68.4 cm³/mol. The summed E-state index contributed by atoms with van der Waals surface area (Å²) < 4.78 is 0. The molecule has 1 nitrogen and oxygen atoms in total.